The Hall–Kier alpha value is -0.990. The quantitative estimate of drug-likeness (QED) is 0.584. The summed E-state index contributed by atoms with van der Waals surface area (Å²) in [7, 11) is 0. The van der Waals surface area contributed by atoms with Gasteiger partial charge >= 0.3 is 0 Å². The zero-order chi connectivity index (χ0) is 17.2. The van der Waals surface area contributed by atoms with Crippen LogP contribution in [0, 0.1) is 17.8 Å². The molecular formula is C21H29F3. The summed E-state index contributed by atoms with van der Waals surface area (Å²) in [6, 6.07) is 8.06. The molecule has 3 heteroatoms. The van der Waals surface area contributed by atoms with Crippen molar-refractivity contribution in [3.8, 4) is 0 Å². The molecule has 2 saturated carbocycles. The average Bonchev–Trinajstić information content (AvgIpc) is 2.61. The molecule has 1 aromatic carbocycles. The lowest BCUT2D eigenvalue weighted by molar-refractivity contribution is -0.0864. The number of benzene rings is 1. The fourth-order valence-corrected chi connectivity index (χ4v) is 4.96. The molecule has 0 saturated heterocycles. The summed E-state index contributed by atoms with van der Waals surface area (Å²) in [5, 5.41) is 0. The first-order valence-corrected chi connectivity index (χ1v) is 9.58. The second kappa shape index (κ2) is 7.49. The van der Waals surface area contributed by atoms with E-state index in [9.17, 15) is 8.78 Å². The van der Waals surface area contributed by atoms with Gasteiger partial charge in [0.25, 0.3) is 0 Å². The maximum absolute atomic E-state index is 15.2. The van der Waals surface area contributed by atoms with Crippen molar-refractivity contribution in [3.05, 3.63) is 35.9 Å². The lowest BCUT2D eigenvalue weighted by atomic mass is 9.65. The zero-order valence-electron chi connectivity index (χ0n) is 14.6. The van der Waals surface area contributed by atoms with Crippen molar-refractivity contribution in [3.63, 3.8) is 0 Å². The summed E-state index contributed by atoms with van der Waals surface area (Å²) >= 11 is 0. The second-order valence-electron chi connectivity index (χ2n) is 7.87. The largest absolute Gasteiger partial charge is 0.243 e. The van der Waals surface area contributed by atoms with E-state index in [2.05, 4.69) is 6.92 Å². The van der Waals surface area contributed by atoms with Gasteiger partial charge in [-0.05, 0) is 49.0 Å². The minimum absolute atomic E-state index is 0.00911. The third-order valence-corrected chi connectivity index (χ3v) is 6.40. The molecule has 0 spiro atoms. The van der Waals surface area contributed by atoms with E-state index >= 15 is 4.39 Å². The predicted molar refractivity (Wildman–Crippen MR) is 92.1 cm³/mol. The molecule has 2 aliphatic carbocycles. The summed E-state index contributed by atoms with van der Waals surface area (Å²) in [6.07, 6.45) is 3.74. The molecule has 2 aliphatic rings. The molecule has 134 valence electrons. The third kappa shape index (κ3) is 3.36. The van der Waals surface area contributed by atoms with Gasteiger partial charge < -0.3 is 0 Å². The Morgan fingerprint density at radius 3 is 2.04 bits per heavy atom. The summed E-state index contributed by atoms with van der Waals surface area (Å²) in [5.74, 6) is 1.14. The normalized spacial score (nSPS) is 40.4. The van der Waals surface area contributed by atoms with Crippen molar-refractivity contribution < 1.29 is 13.2 Å². The number of halogens is 3. The minimum Gasteiger partial charge on any atom is -0.243 e. The van der Waals surface area contributed by atoms with E-state index in [1.807, 2.05) is 0 Å². The minimum atomic E-state index is -2.48. The van der Waals surface area contributed by atoms with Crippen LogP contribution in [0.4, 0.5) is 13.2 Å². The molecule has 0 aliphatic heterocycles. The van der Waals surface area contributed by atoms with Gasteiger partial charge in [0, 0.05) is 0 Å². The molecule has 0 amide bonds. The van der Waals surface area contributed by atoms with Gasteiger partial charge in [0.2, 0.25) is 0 Å². The van der Waals surface area contributed by atoms with Gasteiger partial charge in [-0.2, -0.15) is 0 Å². The van der Waals surface area contributed by atoms with Crippen LogP contribution >= 0.6 is 0 Å². The predicted octanol–water partition coefficient (Wildman–Crippen LogP) is 6.54. The fraction of sp³-hybridized carbons (Fsp3) is 0.714. The van der Waals surface area contributed by atoms with Crippen molar-refractivity contribution in [1.29, 1.82) is 0 Å². The first-order valence-electron chi connectivity index (χ1n) is 9.58. The van der Waals surface area contributed by atoms with Gasteiger partial charge in [0.1, 0.15) is 12.3 Å². The Morgan fingerprint density at radius 1 is 0.917 bits per heavy atom. The van der Waals surface area contributed by atoms with E-state index in [-0.39, 0.29) is 24.3 Å². The van der Waals surface area contributed by atoms with Crippen LogP contribution in [-0.4, -0.2) is 12.3 Å². The Balaban J connectivity index is 1.66. The average molecular weight is 338 g/mol. The number of alkyl halides is 3. The van der Waals surface area contributed by atoms with Gasteiger partial charge in [-0.15, -0.1) is 0 Å². The van der Waals surface area contributed by atoms with E-state index < -0.39 is 18.0 Å². The van der Waals surface area contributed by atoms with Crippen LogP contribution in [-0.2, 0) is 5.67 Å². The summed E-state index contributed by atoms with van der Waals surface area (Å²) in [6.45, 7) is 2.21. The Bertz CT molecular complexity index is 495. The van der Waals surface area contributed by atoms with E-state index in [4.69, 9.17) is 0 Å². The second-order valence-corrected chi connectivity index (χ2v) is 7.87. The van der Waals surface area contributed by atoms with Crippen LogP contribution in [0.5, 0.6) is 0 Å². The molecule has 0 nitrogen and oxygen atoms in total. The van der Waals surface area contributed by atoms with Gasteiger partial charge in [-0.3, -0.25) is 0 Å². The van der Waals surface area contributed by atoms with E-state index in [1.165, 1.54) is 37.8 Å². The molecule has 0 radical (unpaired) electrons. The number of hydrogen-bond donors (Lipinski definition) is 0. The molecule has 0 N–H and O–H groups in total. The first-order chi connectivity index (χ1) is 11.6. The van der Waals surface area contributed by atoms with E-state index in [0.29, 0.717) is 5.92 Å². The Labute approximate surface area is 143 Å². The van der Waals surface area contributed by atoms with Crippen molar-refractivity contribution in [2.24, 2.45) is 17.8 Å². The molecule has 2 unspecified atom stereocenters. The Kier molecular flexibility index (Phi) is 5.56. The maximum atomic E-state index is 15.2. The van der Waals surface area contributed by atoms with Crippen LogP contribution in [0.1, 0.15) is 63.9 Å². The van der Waals surface area contributed by atoms with Crippen molar-refractivity contribution in [2.45, 2.75) is 76.3 Å². The molecule has 24 heavy (non-hydrogen) atoms. The van der Waals surface area contributed by atoms with Crippen LogP contribution in [0.3, 0.4) is 0 Å². The zero-order valence-corrected chi connectivity index (χ0v) is 14.6. The highest BCUT2D eigenvalue weighted by molar-refractivity contribution is 5.27. The molecule has 0 heterocycles. The van der Waals surface area contributed by atoms with Crippen molar-refractivity contribution in [1.82, 2.24) is 0 Å². The van der Waals surface area contributed by atoms with Gasteiger partial charge in [0.15, 0.2) is 5.67 Å². The molecule has 2 fully saturated rings. The standard InChI is InChI=1S/C21H29F3/c1-2-6-15-9-11-16(12-10-15)17-13-19(22)21(24,20(23)14-17)18-7-4-3-5-8-18/h3-5,7-8,15-17,19-20H,2,6,9-14H2,1H3. The van der Waals surface area contributed by atoms with Crippen LogP contribution in [0.2, 0.25) is 0 Å². The summed E-state index contributed by atoms with van der Waals surface area (Å²) in [4.78, 5) is 0. The molecule has 0 aromatic heterocycles. The van der Waals surface area contributed by atoms with Crippen LogP contribution in [0.15, 0.2) is 30.3 Å². The van der Waals surface area contributed by atoms with Crippen molar-refractivity contribution >= 4 is 0 Å². The highest BCUT2D eigenvalue weighted by Gasteiger charge is 2.54. The van der Waals surface area contributed by atoms with Crippen LogP contribution < -0.4 is 0 Å². The first kappa shape index (κ1) is 17.8. The smallest absolute Gasteiger partial charge is 0.197 e. The van der Waals surface area contributed by atoms with Gasteiger partial charge in [-0.1, -0.05) is 62.9 Å². The highest BCUT2D eigenvalue weighted by atomic mass is 19.2. The molecule has 3 rings (SSSR count). The number of rotatable bonds is 4. The van der Waals surface area contributed by atoms with Crippen molar-refractivity contribution in [2.75, 3.05) is 0 Å². The summed E-state index contributed by atoms with van der Waals surface area (Å²) < 4.78 is 44.8. The fourth-order valence-electron chi connectivity index (χ4n) is 4.96. The van der Waals surface area contributed by atoms with E-state index in [0.717, 1.165) is 18.8 Å². The SMILES string of the molecule is CCCC1CCC(C2CC(F)C(F)(c3ccccc3)C(F)C2)CC1. The summed E-state index contributed by atoms with van der Waals surface area (Å²) in [5.41, 5.74) is -2.33. The van der Waals surface area contributed by atoms with Gasteiger partial charge in [-0.25, -0.2) is 13.2 Å². The van der Waals surface area contributed by atoms with E-state index in [1.54, 1.807) is 18.2 Å². The van der Waals surface area contributed by atoms with Gasteiger partial charge in [0.05, 0.1) is 0 Å². The number of hydrogen-bond acceptors (Lipinski definition) is 0. The molecular weight excluding hydrogens is 309 g/mol. The monoisotopic (exact) mass is 338 g/mol. The lowest BCUT2D eigenvalue weighted by Gasteiger charge is -2.44. The third-order valence-electron chi connectivity index (χ3n) is 6.40. The highest BCUT2D eigenvalue weighted by Crippen LogP contribution is 2.50. The Morgan fingerprint density at radius 2 is 1.50 bits per heavy atom. The van der Waals surface area contributed by atoms with Crippen LogP contribution in [0.25, 0.3) is 0 Å². The lowest BCUT2D eigenvalue weighted by Crippen LogP contribution is -2.48. The maximum Gasteiger partial charge on any atom is 0.197 e. The topological polar surface area (TPSA) is 0 Å². The molecule has 2 atom stereocenters. The molecule has 1 aromatic rings. The molecule has 0 bridgehead atoms.